The monoisotopic (exact) mass is 443 g/mol. The quantitative estimate of drug-likeness (QED) is 0.465. The number of carbonyl (C=O) groups excluding carboxylic acids is 1. The van der Waals surface area contributed by atoms with E-state index in [0.29, 0.717) is 28.7 Å². The average Bonchev–Trinajstić information content (AvgIpc) is 2.95. The van der Waals surface area contributed by atoms with E-state index in [1.54, 1.807) is 18.3 Å². The molecule has 0 fully saturated rings. The van der Waals surface area contributed by atoms with E-state index in [9.17, 15) is 13.2 Å². The molecule has 0 aliphatic carbocycles. The Balaban J connectivity index is 2.01. The predicted octanol–water partition coefficient (Wildman–Crippen LogP) is 4.20. The molecule has 152 valence electrons. The van der Waals surface area contributed by atoms with E-state index in [1.807, 2.05) is 29.2 Å². The maximum absolute atomic E-state index is 11.9. The molecule has 2 rings (SSSR count). The number of halogens is 2. The highest BCUT2D eigenvalue weighted by molar-refractivity contribution is 7.90. The molecule has 0 saturated heterocycles. The summed E-state index contributed by atoms with van der Waals surface area (Å²) in [4.78, 5) is 16.2. The molecule has 28 heavy (non-hydrogen) atoms. The Labute approximate surface area is 175 Å². The summed E-state index contributed by atoms with van der Waals surface area (Å²) in [6.45, 7) is 4.32. The minimum atomic E-state index is -3.61. The number of aryl methyl sites for hydroxylation is 1. The van der Waals surface area contributed by atoms with Crippen molar-refractivity contribution in [2.24, 2.45) is 0 Å². The summed E-state index contributed by atoms with van der Waals surface area (Å²) in [6.07, 6.45) is 6.65. The van der Waals surface area contributed by atoms with E-state index in [1.165, 1.54) is 12.2 Å². The molecule has 0 atom stereocenters. The van der Waals surface area contributed by atoms with Crippen LogP contribution in [0.2, 0.25) is 10.0 Å². The van der Waals surface area contributed by atoms with Crippen LogP contribution in [-0.4, -0.2) is 29.6 Å². The second kappa shape index (κ2) is 10.1. The highest BCUT2D eigenvalue weighted by atomic mass is 35.5. The first-order valence-corrected chi connectivity index (χ1v) is 11.3. The second-order valence-electron chi connectivity index (χ2n) is 6.40. The first-order valence-electron chi connectivity index (χ1n) is 8.90. The molecule has 1 aromatic carbocycles. The minimum absolute atomic E-state index is 0.0595. The van der Waals surface area contributed by atoms with Crippen molar-refractivity contribution < 1.29 is 13.2 Å². The third-order valence-corrected chi connectivity index (χ3v) is 5.95. The molecule has 0 saturated carbocycles. The van der Waals surface area contributed by atoms with Crippen molar-refractivity contribution in [1.29, 1.82) is 0 Å². The number of amides is 1. The molecule has 0 spiro atoms. The van der Waals surface area contributed by atoms with E-state index in [0.717, 1.165) is 24.2 Å². The predicted molar refractivity (Wildman–Crippen MR) is 113 cm³/mol. The number of hydrogen-bond acceptors (Lipinski definition) is 4. The number of aromatic nitrogens is 2. The molecule has 0 bridgehead atoms. The highest BCUT2D eigenvalue weighted by Gasteiger charge is 2.12. The van der Waals surface area contributed by atoms with Crippen molar-refractivity contribution in [3.05, 3.63) is 57.6 Å². The second-order valence-corrected chi connectivity index (χ2v) is 9.09. The fraction of sp³-hybridized carbons (Fsp3) is 0.368. The normalized spacial score (nSPS) is 11.9. The molecular weight excluding hydrogens is 421 g/mol. The summed E-state index contributed by atoms with van der Waals surface area (Å²) >= 11 is 12.1. The number of rotatable bonds is 9. The minimum Gasteiger partial charge on any atom is -0.330 e. The fourth-order valence-corrected chi connectivity index (χ4v) is 4.08. The van der Waals surface area contributed by atoms with Crippen LogP contribution in [0.1, 0.15) is 43.3 Å². The van der Waals surface area contributed by atoms with Gasteiger partial charge < -0.3 is 4.57 Å². The molecular formula is C19H23Cl2N3O3S. The first kappa shape index (κ1) is 22.5. The Morgan fingerprint density at radius 3 is 2.71 bits per heavy atom. The van der Waals surface area contributed by atoms with Gasteiger partial charge in [0.2, 0.25) is 10.0 Å². The molecule has 6 nitrogen and oxygen atoms in total. The van der Waals surface area contributed by atoms with Gasteiger partial charge in [-0.3, -0.25) is 4.79 Å². The van der Waals surface area contributed by atoms with Crippen LogP contribution in [0.3, 0.4) is 0 Å². The van der Waals surface area contributed by atoms with Gasteiger partial charge in [0.25, 0.3) is 5.91 Å². The van der Waals surface area contributed by atoms with Gasteiger partial charge in [-0.15, -0.1) is 0 Å². The van der Waals surface area contributed by atoms with Gasteiger partial charge in [-0.2, -0.15) is 0 Å². The summed E-state index contributed by atoms with van der Waals surface area (Å²) in [6, 6.07) is 5.29. The zero-order chi connectivity index (χ0) is 20.7. The maximum Gasteiger partial charge on any atom is 0.257 e. The number of nitrogens with zero attached hydrogens (tertiary/aromatic N) is 2. The van der Waals surface area contributed by atoms with Gasteiger partial charge in [-0.1, -0.05) is 49.0 Å². The number of nitrogens with one attached hydrogen (secondary N) is 1. The van der Waals surface area contributed by atoms with Crippen LogP contribution in [0, 0.1) is 6.92 Å². The zero-order valence-corrected chi connectivity index (χ0v) is 18.1. The lowest BCUT2D eigenvalue weighted by Crippen LogP contribution is -2.31. The van der Waals surface area contributed by atoms with Crippen LogP contribution >= 0.6 is 23.2 Å². The van der Waals surface area contributed by atoms with Crippen LogP contribution in [0.25, 0.3) is 6.08 Å². The van der Waals surface area contributed by atoms with Gasteiger partial charge in [-0.25, -0.2) is 18.1 Å². The molecule has 1 heterocycles. The molecule has 0 aliphatic heterocycles. The summed E-state index contributed by atoms with van der Waals surface area (Å²) < 4.78 is 27.6. The Bertz CT molecular complexity index is 969. The molecule has 0 unspecified atom stereocenters. The number of hydrogen-bond donors (Lipinski definition) is 1. The Hall–Kier alpha value is -1.83. The van der Waals surface area contributed by atoms with Crippen molar-refractivity contribution in [3.63, 3.8) is 0 Å². The van der Waals surface area contributed by atoms with E-state index >= 15 is 0 Å². The summed E-state index contributed by atoms with van der Waals surface area (Å²) in [5.41, 5.74) is 1.43. The van der Waals surface area contributed by atoms with Gasteiger partial charge in [0.1, 0.15) is 5.82 Å². The Morgan fingerprint density at radius 2 is 2.04 bits per heavy atom. The van der Waals surface area contributed by atoms with E-state index in [-0.39, 0.29) is 5.75 Å². The van der Waals surface area contributed by atoms with Crippen LogP contribution in [0.4, 0.5) is 0 Å². The smallest absolute Gasteiger partial charge is 0.257 e. The van der Waals surface area contributed by atoms with Crippen molar-refractivity contribution in [2.75, 3.05) is 5.75 Å². The van der Waals surface area contributed by atoms with E-state index < -0.39 is 15.9 Å². The molecule has 1 aromatic heterocycles. The Morgan fingerprint density at radius 1 is 1.29 bits per heavy atom. The maximum atomic E-state index is 11.9. The van der Waals surface area contributed by atoms with Gasteiger partial charge in [0.15, 0.2) is 0 Å². The molecule has 9 heteroatoms. The SMILES string of the molecule is CCCCCS(=O)(=O)NC(=O)/C=C/c1cn(Cc2ccc(Cl)cc2Cl)c(C)n1. The van der Waals surface area contributed by atoms with Crippen molar-refractivity contribution in [2.45, 2.75) is 39.7 Å². The summed E-state index contributed by atoms with van der Waals surface area (Å²) in [5, 5.41) is 1.13. The van der Waals surface area contributed by atoms with Crippen LogP contribution in [0.5, 0.6) is 0 Å². The average molecular weight is 444 g/mol. The number of imidazole rings is 1. The largest absolute Gasteiger partial charge is 0.330 e. The third-order valence-electron chi connectivity index (χ3n) is 4.03. The molecule has 1 amide bonds. The van der Waals surface area contributed by atoms with Gasteiger partial charge >= 0.3 is 0 Å². The number of carbonyl (C=O) groups is 1. The van der Waals surface area contributed by atoms with Crippen molar-refractivity contribution in [3.8, 4) is 0 Å². The van der Waals surface area contributed by atoms with Crippen LogP contribution < -0.4 is 4.72 Å². The van der Waals surface area contributed by atoms with E-state index in [2.05, 4.69) is 4.98 Å². The van der Waals surface area contributed by atoms with Gasteiger partial charge in [0.05, 0.1) is 18.0 Å². The highest BCUT2D eigenvalue weighted by Crippen LogP contribution is 2.22. The topological polar surface area (TPSA) is 81.1 Å². The van der Waals surface area contributed by atoms with E-state index in [4.69, 9.17) is 23.2 Å². The van der Waals surface area contributed by atoms with Crippen LogP contribution in [-0.2, 0) is 21.4 Å². The summed E-state index contributed by atoms with van der Waals surface area (Å²) in [7, 11) is -3.61. The van der Waals surface area contributed by atoms with Crippen LogP contribution in [0.15, 0.2) is 30.5 Å². The standard InChI is InChI=1S/C19H23Cl2N3O3S/c1-3-4-5-10-28(26,27)23-19(25)9-8-17-13-24(14(2)22-17)12-15-6-7-16(20)11-18(15)21/h6-9,11,13H,3-5,10,12H2,1-2H3,(H,23,25)/b9-8+. The fourth-order valence-electron chi connectivity index (χ4n) is 2.55. The lowest BCUT2D eigenvalue weighted by molar-refractivity contribution is -0.114. The Kier molecular flexibility index (Phi) is 8.10. The van der Waals surface area contributed by atoms with Crippen molar-refractivity contribution >= 4 is 45.2 Å². The summed E-state index contributed by atoms with van der Waals surface area (Å²) in [5.74, 6) is -0.0153. The molecule has 2 aromatic rings. The molecule has 0 aliphatic rings. The lowest BCUT2D eigenvalue weighted by atomic mass is 10.2. The lowest BCUT2D eigenvalue weighted by Gasteiger charge is -2.07. The molecule has 1 N–H and O–H groups in total. The molecule has 0 radical (unpaired) electrons. The number of sulfonamides is 1. The zero-order valence-electron chi connectivity index (χ0n) is 15.8. The number of benzene rings is 1. The first-order chi connectivity index (χ1) is 13.2. The third kappa shape index (κ3) is 6.96. The van der Waals surface area contributed by atoms with Gasteiger partial charge in [0, 0.05) is 22.3 Å². The number of unbranched alkanes of at least 4 members (excludes halogenated alkanes) is 2. The van der Waals surface area contributed by atoms with Gasteiger partial charge in [-0.05, 0) is 37.1 Å². The van der Waals surface area contributed by atoms with Crippen molar-refractivity contribution in [1.82, 2.24) is 14.3 Å².